The zero-order chi connectivity index (χ0) is 8.85. The third-order valence-corrected chi connectivity index (χ3v) is 1.68. The Balaban J connectivity index is 4.36. The van der Waals surface area contributed by atoms with E-state index in [1.54, 1.807) is 7.05 Å². The molecule has 0 fully saturated rings. The molecule has 62 valence electrons. The summed E-state index contributed by atoms with van der Waals surface area (Å²) in [7, 11) is 7.01. The van der Waals surface area contributed by atoms with Crippen LogP contribution in [0.4, 0.5) is 0 Å². The van der Waals surface area contributed by atoms with Crippen molar-refractivity contribution in [3.05, 3.63) is 23.0 Å². The first-order chi connectivity index (χ1) is 5.06. The maximum Gasteiger partial charge on any atom is 0.0513 e. The second-order valence-corrected chi connectivity index (χ2v) is 3.93. The Morgan fingerprint density at radius 2 is 1.73 bits per heavy atom. The Labute approximate surface area is 73.5 Å². The standard InChI is InChI=1S/C8H15NP2/c1-6(4-7(2)10)5-8(11)9-3/h4-5H,10-11H2,1-3H3/b6-5-,7-4+,9-8+. The van der Waals surface area contributed by atoms with Gasteiger partial charge < -0.3 is 0 Å². The van der Waals surface area contributed by atoms with Crippen LogP contribution in [0.1, 0.15) is 13.8 Å². The minimum atomic E-state index is 0.977. The van der Waals surface area contributed by atoms with E-state index in [-0.39, 0.29) is 0 Å². The summed E-state index contributed by atoms with van der Waals surface area (Å²) in [6.07, 6.45) is 4.12. The average molecular weight is 187 g/mol. The number of nitrogens with zero attached hydrogens (tertiary/aromatic N) is 1. The molecule has 11 heavy (non-hydrogen) atoms. The van der Waals surface area contributed by atoms with E-state index in [0.29, 0.717) is 0 Å². The third kappa shape index (κ3) is 6.41. The van der Waals surface area contributed by atoms with Gasteiger partial charge in [0.05, 0.1) is 5.45 Å². The Hall–Kier alpha value is 0.01000. The summed E-state index contributed by atoms with van der Waals surface area (Å²) < 4.78 is 0. The van der Waals surface area contributed by atoms with Gasteiger partial charge in [-0.25, -0.2) is 0 Å². The van der Waals surface area contributed by atoms with E-state index >= 15 is 0 Å². The normalized spacial score (nSPS) is 15.5. The molecule has 0 spiro atoms. The first-order valence-corrected chi connectivity index (χ1v) is 4.56. The van der Waals surface area contributed by atoms with Gasteiger partial charge in [0.1, 0.15) is 0 Å². The Morgan fingerprint density at radius 1 is 1.18 bits per heavy atom. The van der Waals surface area contributed by atoms with Crippen molar-refractivity contribution in [2.75, 3.05) is 7.05 Å². The average Bonchev–Trinajstić information content (AvgIpc) is 1.85. The number of hydrogen-bond donors (Lipinski definition) is 0. The molecule has 0 aromatic carbocycles. The molecule has 2 unspecified atom stereocenters. The van der Waals surface area contributed by atoms with Gasteiger partial charge in [-0.05, 0) is 25.5 Å². The zero-order valence-corrected chi connectivity index (χ0v) is 9.57. The lowest BCUT2D eigenvalue weighted by atomic mass is 10.2. The third-order valence-electron chi connectivity index (χ3n) is 1.09. The summed E-state index contributed by atoms with van der Waals surface area (Å²) in [6, 6.07) is 0. The Morgan fingerprint density at radius 3 is 2.09 bits per heavy atom. The molecule has 1 nitrogen and oxygen atoms in total. The Kier molecular flexibility index (Phi) is 5.64. The highest BCUT2D eigenvalue weighted by Gasteiger charge is 1.85. The molecule has 0 aromatic heterocycles. The fourth-order valence-corrected chi connectivity index (χ4v) is 1.22. The highest BCUT2D eigenvalue weighted by molar-refractivity contribution is 7.41. The largest absolute Gasteiger partial charge is 0.289 e. The van der Waals surface area contributed by atoms with Gasteiger partial charge in [0, 0.05) is 7.05 Å². The minimum Gasteiger partial charge on any atom is -0.289 e. The van der Waals surface area contributed by atoms with Crippen LogP contribution in [0.25, 0.3) is 0 Å². The van der Waals surface area contributed by atoms with E-state index in [0.717, 1.165) is 5.45 Å². The number of hydrogen-bond acceptors (Lipinski definition) is 1. The van der Waals surface area contributed by atoms with E-state index < -0.39 is 0 Å². The maximum atomic E-state index is 4.00. The van der Waals surface area contributed by atoms with Crippen molar-refractivity contribution in [1.82, 2.24) is 0 Å². The van der Waals surface area contributed by atoms with Crippen molar-refractivity contribution in [2.45, 2.75) is 13.8 Å². The molecular weight excluding hydrogens is 172 g/mol. The summed E-state index contributed by atoms with van der Waals surface area (Å²) in [5, 5.41) is 1.23. The molecule has 0 saturated heterocycles. The van der Waals surface area contributed by atoms with Crippen LogP contribution in [-0.4, -0.2) is 12.5 Å². The van der Waals surface area contributed by atoms with E-state index in [1.807, 2.05) is 13.0 Å². The van der Waals surface area contributed by atoms with Gasteiger partial charge >= 0.3 is 0 Å². The molecule has 2 atom stereocenters. The second-order valence-electron chi connectivity index (χ2n) is 2.43. The summed E-state index contributed by atoms with van der Waals surface area (Å²) in [6.45, 7) is 4.11. The van der Waals surface area contributed by atoms with Crippen LogP contribution in [0.2, 0.25) is 0 Å². The van der Waals surface area contributed by atoms with Crippen LogP contribution in [0.3, 0.4) is 0 Å². The van der Waals surface area contributed by atoms with E-state index in [1.165, 1.54) is 10.9 Å². The Bertz CT molecular complexity index is 210. The highest BCUT2D eigenvalue weighted by Crippen LogP contribution is 2.08. The molecule has 0 saturated carbocycles. The highest BCUT2D eigenvalue weighted by atomic mass is 31.0. The van der Waals surface area contributed by atoms with Crippen LogP contribution >= 0.6 is 18.5 Å². The van der Waals surface area contributed by atoms with Gasteiger partial charge in [-0.1, -0.05) is 20.6 Å². The van der Waals surface area contributed by atoms with E-state index in [2.05, 4.69) is 36.5 Å². The lowest BCUT2D eigenvalue weighted by Gasteiger charge is -1.93. The zero-order valence-electron chi connectivity index (χ0n) is 7.26. The van der Waals surface area contributed by atoms with Gasteiger partial charge in [0.25, 0.3) is 0 Å². The number of allylic oxidation sites excluding steroid dienone is 4. The SMILES string of the molecule is C\N=C(P)/C=C(C)\C=C(/C)P. The van der Waals surface area contributed by atoms with Crippen molar-refractivity contribution in [1.29, 1.82) is 0 Å². The molecule has 0 aliphatic rings. The van der Waals surface area contributed by atoms with Gasteiger partial charge in [0.15, 0.2) is 0 Å². The molecule has 3 heteroatoms. The summed E-state index contributed by atoms with van der Waals surface area (Å²) >= 11 is 0. The first kappa shape index (κ1) is 11.0. The van der Waals surface area contributed by atoms with Crippen LogP contribution in [-0.2, 0) is 0 Å². The fourth-order valence-electron chi connectivity index (χ4n) is 0.699. The van der Waals surface area contributed by atoms with Gasteiger partial charge in [0.2, 0.25) is 0 Å². The lowest BCUT2D eigenvalue weighted by molar-refractivity contribution is 1.45. The van der Waals surface area contributed by atoms with Crippen molar-refractivity contribution in [2.24, 2.45) is 4.99 Å². The van der Waals surface area contributed by atoms with Gasteiger partial charge in [-0.3, -0.25) is 4.99 Å². The first-order valence-electron chi connectivity index (χ1n) is 3.40. The molecule has 0 bridgehead atoms. The van der Waals surface area contributed by atoms with Crippen molar-refractivity contribution in [3.8, 4) is 0 Å². The van der Waals surface area contributed by atoms with Gasteiger partial charge in [-0.15, -0.1) is 9.24 Å². The van der Waals surface area contributed by atoms with Crippen LogP contribution in [0, 0.1) is 0 Å². The molecular formula is C8H15NP2. The molecule has 0 aliphatic heterocycles. The van der Waals surface area contributed by atoms with E-state index in [9.17, 15) is 0 Å². The smallest absolute Gasteiger partial charge is 0.0513 e. The summed E-state index contributed by atoms with van der Waals surface area (Å²) in [5.74, 6) is 0. The predicted octanol–water partition coefficient (Wildman–Crippen LogP) is 2.62. The number of aliphatic imine (C=N–C) groups is 1. The van der Waals surface area contributed by atoms with Crippen molar-refractivity contribution >= 4 is 23.9 Å². The molecule has 0 radical (unpaired) electrons. The molecule has 0 heterocycles. The topological polar surface area (TPSA) is 12.4 Å². The molecule has 0 aromatic rings. The maximum absolute atomic E-state index is 4.00. The van der Waals surface area contributed by atoms with E-state index in [4.69, 9.17) is 0 Å². The molecule has 0 amide bonds. The summed E-state index contributed by atoms with van der Waals surface area (Å²) in [5.41, 5.74) is 2.19. The molecule has 0 N–H and O–H groups in total. The van der Waals surface area contributed by atoms with Crippen LogP contribution < -0.4 is 0 Å². The molecule has 0 rings (SSSR count). The monoisotopic (exact) mass is 187 g/mol. The molecule has 0 aliphatic carbocycles. The minimum absolute atomic E-state index is 0.977. The van der Waals surface area contributed by atoms with Crippen molar-refractivity contribution in [3.63, 3.8) is 0 Å². The number of rotatable bonds is 2. The fraction of sp³-hybridized carbons (Fsp3) is 0.375. The predicted molar refractivity (Wildman–Crippen MR) is 60.3 cm³/mol. The lowest BCUT2D eigenvalue weighted by Crippen LogP contribution is -1.80. The quantitative estimate of drug-likeness (QED) is 0.358. The van der Waals surface area contributed by atoms with Gasteiger partial charge in [-0.2, -0.15) is 0 Å². The van der Waals surface area contributed by atoms with Crippen molar-refractivity contribution < 1.29 is 0 Å². The van der Waals surface area contributed by atoms with Crippen LogP contribution in [0.5, 0.6) is 0 Å². The summed E-state index contributed by atoms with van der Waals surface area (Å²) in [4.78, 5) is 4.00. The van der Waals surface area contributed by atoms with Crippen LogP contribution in [0.15, 0.2) is 28.0 Å². The second kappa shape index (κ2) is 5.63.